The number of carbonyl (C=O) groups is 1. The van der Waals surface area contributed by atoms with Gasteiger partial charge in [0.1, 0.15) is 22.8 Å². The van der Waals surface area contributed by atoms with E-state index in [1.54, 1.807) is 73.7 Å². The summed E-state index contributed by atoms with van der Waals surface area (Å²) in [7, 11) is 0. The Morgan fingerprint density at radius 1 is 0.978 bits per heavy atom. The number of aliphatic hydroxyl groups excluding tert-OH is 1. The lowest BCUT2D eigenvalue weighted by molar-refractivity contribution is 0.102. The lowest BCUT2D eigenvalue weighted by Crippen LogP contribution is -2.12. The summed E-state index contributed by atoms with van der Waals surface area (Å²) in [6.45, 7) is 3.64. The first-order chi connectivity index (χ1) is 21.6. The van der Waals surface area contributed by atoms with E-state index in [9.17, 15) is 15.0 Å². The van der Waals surface area contributed by atoms with Crippen molar-refractivity contribution < 1.29 is 15.0 Å². The highest BCUT2D eigenvalue weighted by Crippen LogP contribution is 2.44. The Morgan fingerprint density at radius 2 is 1.76 bits per heavy atom. The van der Waals surface area contributed by atoms with Crippen LogP contribution in [0.5, 0.6) is 5.75 Å². The molecule has 0 unspecified atom stereocenters. The van der Waals surface area contributed by atoms with Gasteiger partial charge in [-0.3, -0.25) is 4.79 Å². The van der Waals surface area contributed by atoms with E-state index in [0.717, 1.165) is 4.91 Å². The maximum Gasteiger partial charge on any atom is 0.255 e. The third-order valence-electron chi connectivity index (χ3n) is 6.86. The molecule has 1 aliphatic rings. The molecule has 1 aliphatic carbocycles. The molecule has 45 heavy (non-hydrogen) atoms. The van der Waals surface area contributed by atoms with Crippen LogP contribution in [0.4, 0.5) is 22.7 Å². The van der Waals surface area contributed by atoms with Crippen molar-refractivity contribution in [2.24, 2.45) is 20.5 Å². The quantitative estimate of drug-likeness (QED) is 0.105. The van der Waals surface area contributed by atoms with Crippen molar-refractivity contribution in [2.45, 2.75) is 25.2 Å². The zero-order valence-electron chi connectivity index (χ0n) is 24.2. The first-order valence-corrected chi connectivity index (χ1v) is 15.1. The number of phenols is 1. The smallest absolute Gasteiger partial charge is 0.255 e. The van der Waals surface area contributed by atoms with Gasteiger partial charge in [0.2, 0.25) is 0 Å². The molecule has 0 saturated carbocycles. The zero-order valence-corrected chi connectivity index (χ0v) is 26.8. The van der Waals surface area contributed by atoms with E-state index < -0.39 is 0 Å². The Kier molecular flexibility index (Phi) is 9.87. The molecule has 0 heterocycles. The fourth-order valence-electron chi connectivity index (χ4n) is 4.66. The number of halogens is 1. The Morgan fingerprint density at radius 3 is 2.49 bits per heavy atom. The average molecular weight is 654 g/mol. The number of anilines is 1. The second-order valence-electron chi connectivity index (χ2n) is 10.1. The lowest BCUT2D eigenvalue weighted by atomic mass is 10.0. The highest BCUT2D eigenvalue weighted by atomic mass is 35.5. The van der Waals surface area contributed by atoms with E-state index in [2.05, 4.69) is 51.0 Å². The third kappa shape index (κ3) is 7.37. The summed E-state index contributed by atoms with van der Waals surface area (Å²) in [6.07, 6.45) is 7.51. The first-order valence-electron chi connectivity index (χ1n) is 13.8. The number of aromatic hydroxyl groups is 1. The Labute approximate surface area is 276 Å². The van der Waals surface area contributed by atoms with Gasteiger partial charge in [-0.1, -0.05) is 48.0 Å². The predicted molar refractivity (Wildman–Crippen MR) is 186 cm³/mol. The van der Waals surface area contributed by atoms with E-state index >= 15 is 0 Å². The van der Waals surface area contributed by atoms with Gasteiger partial charge < -0.3 is 15.5 Å². The minimum Gasteiger partial charge on any atom is -0.510 e. The molecule has 0 radical (unpaired) electrons. The number of nitrogens with one attached hydrogen (secondary N) is 1. The Bertz CT molecular complexity index is 2000. The summed E-state index contributed by atoms with van der Waals surface area (Å²) in [5, 5.41) is 43.3. The summed E-state index contributed by atoms with van der Waals surface area (Å²) in [5.41, 5.74) is 3.53. The number of aryl methyl sites for hydroxylation is 1. The van der Waals surface area contributed by atoms with Crippen LogP contribution in [0.2, 0.25) is 5.02 Å². The number of aliphatic hydroxyl groups is 1. The number of hydrogen-bond acceptors (Lipinski definition) is 9. The SMILES string of the molecule is C/C=C1/C=C(S)\C=C/C\C(O)=C/1N=Nc1ccc(N=Nc2c(C)cc3cc(S)cc(NC(=O)c4ccccc4)c3c2O)c(Cl)c1. The number of carbonyl (C=O) groups excluding carboxylic acids is 1. The van der Waals surface area contributed by atoms with Gasteiger partial charge in [-0.15, -0.1) is 40.6 Å². The van der Waals surface area contributed by atoms with Gasteiger partial charge in [0.15, 0.2) is 5.75 Å². The molecule has 0 fully saturated rings. The molecule has 1 amide bonds. The summed E-state index contributed by atoms with van der Waals surface area (Å²) in [4.78, 5) is 14.3. The molecule has 0 bridgehead atoms. The van der Waals surface area contributed by atoms with Crippen LogP contribution in [-0.2, 0) is 0 Å². The standard InChI is InChI=1S/C34H28ClN5O3S2/c1-3-20-15-24(44)10-7-11-29(41)32(20)40-37-23-12-13-27(26(35)17-23)38-39-31-19(2)14-22-16-25(45)18-28(30(22)33(31)42)36-34(43)21-8-5-4-6-9-21/h3-10,12-18,41-42,44-45H,11H2,1-2H3,(H,36,43)/b10-7-,20-3-,24-15+,32-29-,39-38?,40-37?. The second-order valence-corrected chi connectivity index (χ2v) is 11.5. The van der Waals surface area contributed by atoms with Crippen molar-refractivity contribution >= 4 is 76.3 Å². The summed E-state index contributed by atoms with van der Waals surface area (Å²) in [6, 6.07) is 19.0. The van der Waals surface area contributed by atoms with Crippen LogP contribution < -0.4 is 5.32 Å². The van der Waals surface area contributed by atoms with Gasteiger partial charge in [0.05, 0.1) is 16.4 Å². The van der Waals surface area contributed by atoms with Crippen LogP contribution >= 0.6 is 36.9 Å². The van der Waals surface area contributed by atoms with Crippen molar-refractivity contribution in [3.05, 3.63) is 129 Å². The van der Waals surface area contributed by atoms with Gasteiger partial charge in [-0.05, 0) is 79.4 Å². The molecular formula is C34H28ClN5O3S2. The van der Waals surface area contributed by atoms with E-state index in [4.69, 9.17) is 11.6 Å². The lowest BCUT2D eigenvalue weighted by Gasteiger charge is -2.14. The number of benzene rings is 4. The van der Waals surface area contributed by atoms with Gasteiger partial charge in [-0.2, -0.15) is 5.11 Å². The largest absolute Gasteiger partial charge is 0.510 e. The summed E-state index contributed by atoms with van der Waals surface area (Å²) < 4.78 is 0. The summed E-state index contributed by atoms with van der Waals surface area (Å²) >= 11 is 15.4. The van der Waals surface area contributed by atoms with Gasteiger partial charge >= 0.3 is 0 Å². The van der Waals surface area contributed by atoms with E-state index in [1.807, 2.05) is 31.2 Å². The minimum absolute atomic E-state index is 0.0793. The number of nitrogens with zero attached hydrogens (tertiary/aromatic N) is 4. The molecule has 11 heteroatoms. The molecular weight excluding hydrogens is 626 g/mol. The number of fused-ring (bicyclic) bond motifs is 1. The molecule has 4 aromatic rings. The monoisotopic (exact) mass is 653 g/mol. The van der Waals surface area contributed by atoms with E-state index in [-0.39, 0.29) is 28.1 Å². The van der Waals surface area contributed by atoms with Crippen LogP contribution in [0.15, 0.2) is 138 Å². The van der Waals surface area contributed by atoms with Crippen molar-refractivity contribution in [3.8, 4) is 5.75 Å². The number of phenolic OH excluding ortho intramolecular Hbond substituents is 1. The fraction of sp³-hybridized carbons (Fsp3) is 0.0882. The molecule has 5 rings (SSSR count). The van der Waals surface area contributed by atoms with Crippen LogP contribution in [0.1, 0.15) is 29.3 Å². The number of allylic oxidation sites excluding steroid dienone is 4. The maximum atomic E-state index is 12.9. The molecule has 4 aromatic carbocycles. The Balaban J connectivity index is 1.44. The van der Waals surface area contributed by atoms with Crippen LogP contribution in [0, 0.1) is 6.92 Å². The number of azo groups is 2. The molecule has 0 saturated heterocycles. The van der Waals surface area contributed by atoms with E-state index in [0.29, 0.717) is 61.5 Å². The third-order valence-corrected chi connectivity index (χ3v) is 7.70. The van der Waals surface area contributed by atoms with Crippen LogP contribution in [0.3, 0.4) is 0 Å². The van der Waals surface area contributed by atoms with Gasteiger partial charge in [-0.25, -0.2) is 0 Å². The molecule has 0 spiro atoms. The molecule has 0 aliphatic heterocycles. The Hall–Kier alpha value is -4.64. The van der Waals surface area contributed by atoms with E-state index in [1.165, 1.54) is 0 Å². The normalized spacial score (nSPS) is 18.2. The molecule has 3 N–H and O–H groups in total. The second kappa shape index (κ2) is 14.0. The molecule has 8 nitrogen and oxygen atoms in total. The molecule has 226 valence electrons. The average Bonchev–Trinajstić information content (AvgIpc) is 3.00. The van der Waals surface area contributed by atoms with Crippen LogP contribution in [0.25, 0.3) is 10.8 Å². The first kappa shape index (κ1) is 31.8. The number of amides is 1. The number of thiol groups is 2. The van der Waals surface area contributed by atoms with Crippen molar-refractivity contribution in [1.29, 1.82) is 0 Å². The van der Waals surface area contributed by atoms with Crippen molar-refractivity contribution in [2.75, 3.05) is 5.32 Å². The summed E-state index contributed by atoms with van der Waals surface area (Å²) in [5.74, 6) is -0.395. The van der Waals surface area contributed by atoms with Gasteiger partial charge in [0.25, 0.3) is 5.91 Å². The van der Waals surface area contributed by atoms with Crippen LogP contribution in [-0.4, -0.2) is 16.1 Å². The van der Waals surface area contributed by atoms with Gasteiger partial charge in [0, 0.05) is 32.7 Å². The molecule has 0 atom stereocenters. The zero-order chi connectivity index (χ0) is 32.1. The minimum atomic E-state index is -0.328. The molecule has 0 aromatic heterocycles. The fourth-order valence-corrected chi connectivity index (χ4v) is 5.38. The topological polar surface area (TPSA) is 119 Å². The highest BCUT2D eigenvalue weighted by Gasteiger charge is 2.17. The number of hydrogen-bond donors (Lipinski definition) is 5. The maximum absolute atomic E-state index is 12.9. The predicted octanol–water partition coefficient (Wildman–Crippen LogP) is 11.0. The van der Waals surface area contributed by atoms with Crippen molar-refractivity contribution in [3.63, 3.8) is 0 Å². The van der Waals surface area contributed by atoms with Crippen molar-refractivity contribution in [1.82, 2.24) is 0 Å². The highest BCUT2D eigenvalue weighted by molar-refractivity contribution is 7.84. The number of rotatable bonds is 6.